The zero-order valence-corrected chi connectivity index (χ0v) is 18.8. The Labute approximate surface area is 191 Å². The zero-order chi connectivity index (χ0) is 22.5. The molecule has 8 heteroatoms. The van der Waals surface area contributed by atoms with Gasteiger partial charge in [0.1, 0.15) is 17.9 Å². The van der Waals surface area contributed by atoms with Gasteiger partial charge in [0, 0.05) is 54.4 Å². The predicted molar refractivity (Wildman–Crippen MR) is 124 cm³/mol. The number of aromatic nitrogens is 4. The zero-order valence-electron chi connectivity index (χ0n) is 18.0. The molecule has 0 spiro atoms. The minimum Gasteiger partial charge on any atom is -0.487 e. The number of fused-ring (bicyclic) bond motifs is 1. The third kappa shape index (κ3) is 4.73. The van der Waals surface area contributed by atoms with Crippen molar-refractivity contribution in [1.29, 1.82) is 0 Å². The van der Waals surface area contributed by atoms with E-state index in [9.17, 15) is 4.79 Å². The van der Waals surface area contributed by atoms with Gasteiger partial charge in [-0.3, -0.25) is 9.78 Å². The van der Waals surface area contributed by atoms with E-state index in [2.05, 4.69) is 15.3 Å². The molecule has 0 aliphatic heterocycles. The molecule has 0 bridgehead atoms. The van der Waals surface area contributed by atoms with E-state index in [0.29, 0.717) is 23.7 Å². The summed E-state index contributed by atoms with van der Waals surface area (Å²) in [4.78, 5) is 24.9. The summed E-state index contributed by atoms with van der Waals surface area (Å²) < 4.78 is 8.15. The third-order valence-electron chi connectivity index (χ3n) is 5.11. The van der Waals surface area contributed by atoms with Crippen LogP contribution in [0.2, 0.25) is 5.02 Å². The van der Waals surface area contributed by atoms with Crippen LogP contribution in [0.5, 0.6) is 5.75 Å². The summed E-state index contributed by atoms with van der Waals surface area (Å²) in [6.45, 7) is 4.50. The number of ether oxygens (including phenoxy) is 1. The van der Waals surface area contributed by atoms with Crippen molar-refractivity contribution < 1.29 is 9.53 Å². The molecule has 0 saturated heterocycles. The average molecular weight is 450 g/mol. The van der Waals surface area contributed by atoms with Gasteiger partial charge in [-0.25, -0.2) is 9.97 Å². The molecule has 0 unspecified atom stereocenters. The molecule has 0 radical (unpaired) electrons. The van der Waals surface area contributed by atoms with Gasteiger partial charge < -0.3 is 14.6 Å². The molecule has 0 atom stereocenters. The van der Waals surface area contributed by atoms with E-state index in [4.69, 9.17) is 21.3 Å². The van der Waals surface area contributed by atoms with Gasteiger partial charge in [-0.2, -0.15) is 0 Å². The maximum absolute atomic E-state index is 11.9. The average Bonchev–Trinajstić information content (AvgIpc) is 3.31. The van der Waals surface area contributed by atoms with Gasteiger partial charge in [-0.1, -0.05) is 30.7 Å². The van der Waals surface area contributed by atoms with Crippen LogP contribution in [0, 0.1) is 6.92 Å². The number of amides is 1. The molecule has 7 nitrogen and oxygen atoms in total. The summed E-state index contributed by atoms with van der Waals surface area (Å²) in [6, 6.07) is 7.86. The van der Waals surface area contributed by atoms with Crippen LogP contribution < -0.4 is 10.1 Å². The van der Waals surface area contributed by atoms with Gasteiger partial charge in [0.25, 0.3) is 0 Å². The van der Waals surface area contributed by atoms with E-state index in [0.717, 1.165) is 39.8 Å². The first-order valence-corrected chi connectivity index (χ1v) is 10.8. The molecule has 0 fully saturated rings. The molecule has 1 amide bonds. The molecule has 0 aliphatic carbocycles. The number of nitrogens with zero attached hydrogens (tertiary/aromatic N) is 4. The van der Waals surface area contributed by atoms with Crippen LogP contribution in [0.25, 0.3) is 16.6 Å². The Morgan fingerprint density at radius 1 is 1.25 bits per heavy atom. The fourth-order valence-corrected chi connectivity index (χ4v) is 3.77. The first kappa shape index (κ1) is 21.8. The normalized spacial score (nSPS) is 11.0. The number of halogens is 1. The van der Waals surface area contributed by atoms with Crippen molar-refractivity contribution >= 4 is 28.4 Å². The van der Waals surface area contributed by atoms with Crippen LogP contribution >= 0.6 is 11.6 Å². The Hall–Kier alpha value is -3.45. The highest BCUT2D eigenvalue weighted by Crippen LogP contribution is 2.30. The van der Waals surface area contributed by atoms with Gasteiger partial charge in [-0.05, 0) is 31.0 Å². The monoisotopic (exact) mass is 449 g/mol. The summed E-state index contributed by atoms with van der Waals surface area (Å²) in [7, 11) is 0. The number of carbonyl (C=O) groups is 1. The fourth-order valence-electron chi connectivity index (χ4n) is 3.54. The van der Waals surface area contributed by atoms with Crippen LogP contribution in [-0.2, 0) is 17.9 Å². The maximum Gasteiger partial charge on any atom is 0.220 e. The van der Waals surface area contributed by atoms with E-state index < -0.39 is 0 Å². The van der Waals surface area contributed by atoms with E-state index >= 15 is 0 Å². The minimum absolute atomic E-state index is 0.0000960. The van der Waals surface area contributed by atoms with Crippen LogP contribution in [0.3, 0.4) is 0 Å². The van der Waals surface area contributed by atoms with Gasteiger partial charge in [0.15, 0.2) is 0 Å². The lowest BCUT2D eigenvalue weighted by molar-refractivity contribution is -0.121. The molecular weight excluding hydrogens is 426 g/mol. The summed E-state index contributed by atoms with van der Waals surface area (Å²) in [6.07, 6.45) is 9.98. The SMILES string of the molecule is CCCC(=O)NCc1cncc(Cl)c1COc1cccc2c(-n3ccnc3)cc(C)nc12. The Bertz CT molecular complexity index is 1240. The van der Waals surface area contributed by atoms with Gasteiger partial charge in [0.05, 0.1) is 17.0 Å². The lowest BCUT2D eigenvalue weighted by Gasteiger charge is -2.15. The molecule has 32 heavy (non-hydrogen) atoms. The minimum atomic E-state index is 0.0000960. The number of para-hydroxylation sites is 1. The Morgan fingerprint density at radius 2 is 2.12 bits per heavy atom. The quantitative estimate of drug-likeness (QED) is 0.419. The first-order valence-electron chi connectivity index (χ1n) is 10.5. The molecule has 0 saturated carbocycles. The van der Waals surface area contributed by atoms with Crippen molar-refractivity contribution in [3.8, 4) is 11.4 Å². The van der Waals surface area contributed by atoms with Gasteiger partial charge in [0.2, 0.25) is 5.91 Å². The first-order chi connectivity index (χ1) is 15.6. The number of hydrogen-bond acceptors (Lipinski definition) is 5. The largest absolute Gasteiger partial charge is 0.487 e. The molecule has 4 rings (SSSR count). The summed E-state index contributed by atoms with van der Waals surface area (Å²) in [5, 5.41) is 4.37. The van der Waals surface area contributed by atoms with E-state index in [1.807, 2.05) is 48.9 Å². The Morgan fingerprint density at radius 3 is 2.91 bits per heavy atom. The van der Waals surface area contributed by atoms with Crippen molar-refractivity contribution in [2.75, 3.05) is 0 Å². The van der Waals surface area contributed by atoms with Crippen LogP contribution in [-0.4, -0.2) is 25.4 Å². The molecular formula is C24H24ClN5O2. The number of aryl methyl sites for hydroxylation is 1. The van der Waals surface area contributed by atoms with Gasteiger partial charge >= 0.3 is 0 Å². The van der Waals surface area contributed by atoms with Crippen molar-refractivity contribution in [2.45, 2.75) is 39.8 Å². The maximum atomic E-state index is 11.9. The number of carbonyl (C=O) groups excluding carboxylic acids is 1. The second-order valence-corrected chi connectivity index (χ2v) is 7.89. The standard InChI is InChI=1S/C24H24ClN5O2/c1-3-5-23(31)28-12-17-11-27-13-20(25)19(17)14-32-22-7-4-6-18-21(30-9-8-26-15-30)10-16(2)29-24(18)22/h4,6-11,13,15H,3,5,12,14H2,1-2H3,(H,28,31). The highest BCUT2D eigenvalue weighted by Gasteiger charge is 2.14. The summed E-state index contributed by atoms with van der Waals surface area (Å²) in [5.74, 6) is 0.654. The predicted octanol–water partition coefficient (Wildman–Crippen LogP) is 4.77. The second kappa shape index (κ2) is 9.78. The molecule has 3 aromatic heterocycles. The summed E-state index contributed by atoms with van der Waals surface area (Å²) >= 11 is 6.43. The van der Waals surface area contributed by atoms with Crippen molar-refractivity contribution in [1.82, 2.24) is 24.8 Å². The topological polar surface area (TPSA) is 81.9 Å². The van der Waals surface area contributed by atoms with Crippen molar-refractivity contribution in [3.63, 3.8) is 0 Å². The van der Waals surface area contributed by atoms with Crippen LogP contribution in [0.1, 0.15) is 36.6 Å². The van der Waals surface area contributed by atoms with E-state index in [1.54, 1.807) is 24.9 Å². The fraction of sp³-hybridized carbons (Fsp3) is 0.250. The molecule has 164 valence electrons. The number of imidazole rings is 1. The molecule has 1 aromatic carbocycles. The van der Waals surface area contributed by atoms with E-state index in [1.165, 1.54) is 0 Å². The molecule has 4 aromatic rings. The third-order valence-corrected chi connectivity index (χ3v) is 5.44. The van der Waals surface area contributed by atoms with Crippen molar-refractivity contribution in [3.05, 3.63) is 77.2 Å². The smallest absolute Gasteiger partial charge is 0.220 e. The van der Waals surface area contributed by atoms with Gasteiger partial charge in [-0.15, -0.1) is 0 Å². The number of benzene rings is 1. The number of rotatable bonds is 8. The van der Waals surface area contributed by atoms with Crippen molar-refractivity contribution in [2.24, 2.45) is 0 Å². The van der Waals surface area contributed by atoms with Crippen LogP contribution in [0.15, 0.2) is 55.4 Å². The Kier molecular flexibility index (Phi) is 6.66. The lowest BCUT2D eigenvalue weighted by Crippen LogP contribution is -2.23. The number of hydrogen-bond donors (Lipinski definition) is 1. The van der Waals surface area contributed by atoms with Crippen LogP contribution in [0.4, 0.5) is 0 Å². The second-order valence-electron chi connectivity index (χ2n) is 7.48. The van der Waals surface area contributed by atoms with E-state index in [-0.39, 0.29) is 12.5 Å². The Balaban J connectivity index is 1.62. The highest BCUT2D eigenvalue weighted by atomic mass is 35.5. The summed E-state index contributed by atoms with van der Waals surface area (Å²) in [5.41, 5.74) is 4.23. The molecule has 0 aliphatic rings. The lowest BCUT2D eigenvalue weighted by atomic mass is 10.1. The number of nitrogens with one attached hydrogen (secondary N) is 1. The molecule has 1 N–H and O–H groups in total. The highest BCUT2D eigenvalue weighted by molar-refractivity contribution is 6.31. The molecule has 3 heterocycles. The number of pyridine rings is 2.